The van der Waals surface area contributed by atoms with E-state index in [4.69, 9.17) is 4.74 Å². The topological polar surface area (TPSA) is 58.6 Å². The van der Waals surface area contributed by atoms with Crippen molar-refractivity contribution < 1.29 is 14.3 Å². The van der Waals surface area contributed by atoms with Crippen molar-refractivity contribution in [3.63, 3.8) is 0 Å². The van der Waals surface area contributed by atoms with Gasteiger partial charge in [0, 0.05) is 19.0 Å². The molecule has 30 heavy (non-hydrogen) atoms. The molecule has 0 aromatic heterocycles. The highest BCUT2D eigenvalue weighted by Gasteiger charge is 2.28. The number of aryl methyl sites for hydroxylation is 1. The fourth-order valence-corrected chi connectivity index (χ4v) is 3.60. The molecule has 3 aromatic carbocycles. The van der Waals surface area contributed by atoms with Crippen LogP contribution in [0.2, 0.25) is 0 Å². The van der Waals surface area contributed by atoms with Crippen molar-refractivity contribution in [2.75, 3.05) is 13.7 Å². The van der Waals surface area contributed by atoms with Crippen molar-refractivity contribution in [2.24, 2.45) is 0 Å². The Kier molecular flexibility index (Phi) is 7.07. The zero-order valence-electron chi connectivity index (χ0n) is 17.7. The molecule has 0 heterocycles. The number of fused-ring (bicyclic) bond motifs is 1. The number of nitrogens with one attached hydrogen (secondary N) is 1. The Labute approximate surface area is 177 Å². The van der Waals surface area contributed by atoms with Gasteiger partial charge in [-0.2, -0.15) is 0 Å². The maximum Gasteiger partial charge on any atom is 0.261 e. The van der Waals surface area contributed by atoms with Gasteiger partial charge in [0.05, 0.1) is 0 Å². The van der Waals surface area contributed by atoms with E-state index in [1.807, 2.05) is 80.6 Å². The molecule has 3 aromatic rings. The Morgan fingerprint density at radius 3 is 2.43 bits per heavy atom. The fourth-order valence-electron chi connectivity index (χ4n) is 3.60. The summed E-state index contributed by atoms with van der Waals surface area (Å²) in [4.78, 5) is 27.3. The van der Waals surface area contributed by atoms with E-state index in [-0.39, 0.29) is 18.4 Å². The molecule has 0 saturated carbocycles. The summed E-state index contributed by atoms with van der Waals surface area (Å²) in [5.74, 6) is 0.261. The molecule has 0 spiro atoms. The predicted molar refractivity (Wildman–Crippen MR) is 119 cm³/mol. The van der Waals surface area contributed by atoms with Gasteiger partial charge in [-0.15, -0.1) is 0 Å². The SMILES string of the molecule is CCC(C(=O)NC)N(Cc1ccccc1C)C(=O)COc1cccc2ccccc12. The Hall–Kier alpha value is -3.34. The van der Waals surface area contributed by atoms with Crippen LogP contribution in [-0.2, 0) is 16.1 Å². The van der Waals surface area contributed by atoms with E-state index < -0.39 is 6.04 Å². The molecule has 0 bridgehead atoms. The lowest BCUT2D eigenvalue weighted by atomic mass is 10.1. The number of ether oxygens (including phenoxy) is 1. The van der Waals surface area contributed by atoms with Crippen LogP contribution in [0.25, 0.3) is 10.8 Å². The third kappa shape index (κ3) is 4.79. The molecule has 5 nitrogen and oxygen atoms in total. The van der Waals surface area contributed by atoms with Gasteiger partial charge in [-0.1, -0.05) is 67.6 Å². The zero-order chi connectivity index (χ0) is 21.5. The average Bonchev–Trinajstić information content (AvgIpc) is 2.78. The number of carbonyl (C=O) groups excluding carboxylic acids is 2. The molecule has 0 radical (unpaired) electrons. The van der Waals surface area contributed by atoms with Crippen LogP contribution in [0, 0.1) is 6.92 Å². The average molecular weight is 405 g/mol. The summed E-state index contributed by atoms with van der Waals surface area (Å²) in [5, 5.41) is 4.68. The summed E-state index contributed by atoms with van der Waals surface area (Å²) in [6.45, 7) is 4.14. The molecular weight excluding hydrogens is 376 g/mol. The van der Waals surface area contributed by atoms with E-state index in [0.717, 1.165) is 21.9 Å². The first-order chi connectivity index (χ1) is 14.5. The molecule has 0 saturated heterocycles. The summed E-state index contributed by atoms with van der Waals surface area (Å²) in [5.41, 5.74) is 2.09. The van der Waals surface area contributed by atoms with E-state index in [1.165, 1.54) is 0 Å². The Morgan fingerprint density at radius 2 is 1.70 bits per heavy atom. The van der Waals surface area contributed by atoms with Crippen LogP contribution in [0.1, 0.15) is 24.5 Å². The summed E-state index contributed by atoms with van der Waals surface area (Å²) >= 11 is 0. The van der Waals surface area contributed by atoms with Crippen molar-refractivity contribution in [1.82, 2.24) is 10.2 Å². The largest absolute Gasteiger partial charge is 0.483 e. The van der Waals surface area contributed by atoms with Crippen LogP contribution in [0.5, 0.6) is 5.75 Å². The number of benzene rings is 3. The van der Waals surface area contributed by atoms with E-state index in [0.29, 0.717) is 18.7 Å². The minimum atomic E-state index is -0.557. The molecule has 156 valence electrons. The van der Waals surface area contributed by atoms with Crippen molar-refractivity contribution in [3.05, 3.63) is 77.9 Å². The summed E-state index contributed by atoms with van der Waals surface area (Å²) in [6, 6.07) is 21.0. The Balaban J connectivity index is 1.83. The number of carbonyl (C=O) groups is 2. The van der Waals surface area contributed by atoms with E-state index >= 15 is 0 Å². The molecule has 0 aliphatic heterocycles. The highest BCUT2D eigenvalue weighted by molar-refractivity contribution is 5.90. The quantitative estimate of drug-likeness (QED) is 0.615. The first kappa shape index (κ1) is 21.4. The van der Waals surface area contributed by atoms with Crippen molar-refractivity contribution in [3.8, 4) is 5.75 Å². The summed E-state index contributed by atoms with van der Waals surface area (Å²) in [6.07, 6.45) is 0.519. The van der Waals surface area contributed by atoms with Gasteiger partial charge in [-0.3, -0.25) is 9.59 Å². The van der Waals surface area contributed by atoms with Gasteiger partial charge in [-0.25, -0.2) is 0 Å². The molecular formula is C25H28N2O3. The standard InChI is InChI=1S/C25H28N2O3/c1-4-22(25(29)26-3)27(16-20-12-6-5-10-18(20)2)24(28)17-30-23-15-9-13-19-11-7-8-14-21(19)23/h5-15,22H,4,16-17H2,1-3H3,(H,26,29). The minimum Gasteiger partial charge on any atom is -0.483 e. The van der Waals surface area contributed by atoms with Crippen LogP contribution < -0.4 is 10.1 Å². The molecule has 0 fully saturated rings. The molecule has 0 aliphatic carbocycles. The molecule has 5 heteroatoms. The second kappa shape index (κ2) is 9.92. The van der Waals surface area contributed by atoms with Crippen molar-refractivity contribution >= 4 is 22.6 Å². The van der Waals surface area contributed by atoms with Crippen LogP contribution >= 0.6 is 0 Å². The van der Waals surface area contributed by atoms with E-state index in [9.17, 15) is 9.59 Å². The van der Waals surface area contributed by atoms with Crippen LogP contribution in [0.15, 0.2) is 66.7 Å². The lowest BCUT2D eigenvalue weighted by Gasteiger charge is -2.30. The second-order valence-corrected chi connectivity index (χ2v) is 7.25. The van der Waals surface area contributed by atoms with Gasteiger partial charge < -0.3 is 15.0 Å². The first-order valence-corrected chi connectivity index (χ1v) is 10.2. The number of likely N-dealkylation sites (N-methyl/N-ethyl adjacent to an activating group) is 1. The lowest BCUT2D eigenvalue weighted by Crippen LogP contribution is -2.49. The highest BCUT2D eigenvalue weighted by Crippen LogP contribution is 2.25. The van der Waals surface area contributed by atoms with Crippen molar-refractivity contribution in [2.45, 2.75) is 32.9 Å². The molecule has 0 aliphatic rings. The minimum absolute atomic E-state index is 0.132. The van der Waals surface area contributed by atoms with Gasteiger partial charge >= 0.3 is 0 Å². The van der Waals surface area contributed by atoms with Crippen LogP contribution in [0.4, 0.5) is 0 Å². The lowest BCUT2D eigenvalue weighted by molar-refractivity contribution is -0.142. The van der Waals surface area contributed by atoms with Gasteiger partial charge in [0.2, 0.25) is 5.91 Å². The summed E-state index contributed by atoms with van der Waals surface area (Å²) < 4.78 is 5.92. The van der Waals surface area contributed by atoms with Gasteiger partial charge in [0.25, 0.3) is 5.91 Å². The zero-order valence-corrected chi connectivity index (χ0v) is 17.7. The second-order valence-electron chi connectivity index (χ2n) is 7.25. The monoisotopic (exact) mass is 404 g/mol. The number of nitrogens with zero attached hydrogens (tertiary/aromatic N) is 1. The molecule has 2 amide bonds. The normalized spacial score (nSPS) is 11.7. The number of amides is 2. The molecule has 3 rings (SSSR count). The summed E-state index contributed by atoms with van der Waals surface area (Å²) in [7, 11) is 1.59. The third-order valence-electron chi connectivity index (χ3n) is 5.34. The highest BCUT2D eigenvalue weighted by atomic mass is 16.5. The Bertz CT molecular complexity index is 1030. The number of rotatable bonds is 8. The molecule has 1 N–H and O–H groups in total. The van der Waals surface area contributed by atoms with Gasteiger partial charge in [-0.05, 0) is 35.9 Å². The number of hydrogen-bond donors (Lipinski definition) is 1. The molecule has 1 unspecified atom stereocenters. The van der Waals surface area contributed by atoms with Gasteiger partial charge in [0.15, 0.2) is 6.61 Å². The van der Waals surface area contributed by atoms with E-state index in [2.05, 4.69) is 5.32 Å². The van der Waals surface area contributed by atoms with Crippen LogP contribution in [-0.4, -0.2) is 36.4 Å². The third-order valence-corrected chi connectivity index (χ3v) is 5.34. The van der Waals surface area contributed by atoms with Crippen LogP contribution in [0.3, 0.4) is 0 Å². The molecule has 1 atom stereocenters. The Morgan fingerprint density at radius 1 is 1.00 bits per heavy atom. The predicted octanol–water partition coefficient (Wildman–Crippen LogP) is 4.08. The maximum atomic E-state index is 13.2. The van der Waals surface area contributed by atoms with Crippen molar-refractivity contribution in [1.29, 1.82) is 0 Å². The first-order valence-electron chi connectivity index (χ1n) is 10.2. The fraction of sp³-hybridized carbons (Fsp3) is 0.280. The maximum absolute atomic E-state index is 13.2. The number of hydrogen-bond acceptors (Lipinski definition) is 3. The van der Waals surface area contributed by atoms with Gasteiger partial charge in [0.1, 0.15) is 11.8 Å². The van der Waals surface area contributed by atoms with E-state index in [1.54, 1.807) is 11.9 Å². The smallest absolute Gasteiger partial charge is 0.261 e.